The Balaban J connectivity index is 2.00. The van der Waals surface area contributed by atoms with Gasteiger partial charge in [0, 0.05) is 29.6 Å². The Morgan fingerprint density at radius 3 is 3.06 bits per heavy atom. The van der Waals surface area contributed by atoms with Crippen LogP contribution in [0.2, 0.25) is 0 Å². The van der Waals surface area contributed by atoms with E-state index in [1.807, 2.05) is 18.3 Å². The highest BCUT2D eigenvalue weighted by molar-refractivity contribution is 5.82. The van der Waals surface area contributed by atoms with Gasteiger partial charge in [0.15, 0.2) is 0 Å². The molecule has 18 heavy (non-hydrogen) atoms. The van der Waals surface area contributed by atoms with E-state index in [9.17, 15) is 4.79 Å². The molecule has 0 saturated carbocycles. The summed E-state index contributed by atoms with van der Waals surface area (Å²) in [5, 5.41) is 1.20. The number of rotatable bonds is 5. The number of nitrogens with one attached hydrogen (secondary N) is 1. The van der Waals surface area contributed by atoms with Gasteiger partial charge in [0.1, 0.15) is 0 Å². The molecule has 4 heteroatoms. The smallest absolute Gasteiger partial charge is 0.305 e. The molecule has 2 aromatic rings. The molecule has 0 aliphatic rings. The summed E-state index contributed by atoms with van der Waals surface area (Å²) >= 11 is 0. The second-order valence-corrected chi connectivity index (χ2v) is 4.44. The van der Waals surface area contributed by atoms with E-state index in [4.69, 9.17) is 5.73 Å². The fourth-order valence-corrected chi connectivity index (χ4v) is 2.12. The normalized spacial score (nSPS) is 12.6. The van der Waals surface area contributed by atoms with Crippen LogP contribution in [-0.4, -0.2) is 24.1 Å². The Hall–Kier alpha value is -1.81. The first-order valence-corrected chi connectivity index (χ1v) is 6.08. The van der Waals surface area contributed by atoms with Crippen LogP contribution in [0.5, 0.6) is 0 Å². The van der Waals surface area contributed by atoms with Gasteiger partial charge in [-0.25, -0.2) is 0 Å². The highest BCUT2D eigenvalue weighted by Crippen LogP contribution is 2.19. The maximum absolute atomic E-state index is 11.1. The summed E-state index contributed by atoms with van der Waals surface area (Å²) in [6, 6.07) is 8.16. The second kappa shape index (κ2) is 5.69. The standard InChI is InChI=1S/C14H18N2O2/c1-18-14(17)6-5-11(15)9-10-3-2-4-13-12(10)7-8-16-13/h2-4,7-8,11,16H,5-6,9,15H2,1H3. The van der Waals surface area contributed by atoms with Gasteiger partial charge in [-0.3, -0.25) is 4.79 Å². The molecule has 1 aromatic heterocycles. The number of hydrogen-bond donors (Lipinski definition) is 2. The number of ether oxygens (including phenoxy) is 1. The van der Waals surface area contributed by atoms with Crippen molar-refractivity contribution in [1.29, 1.82) is 0 Å². The van der Waals surface area contributed by atoms with Crippen LogP contribution in [0.25, 0.3) is 10.9 Å². The molecule has 1 atom stereocenters. The minimum Gasteiger partial charge on any atom is -0.469 e. The first-order chi connectivity index (χ1) is 8.70. The Bertz CT molecular complexity index is 533. The minimum atomic E-state index is -0.203. The summed E-state index contributed by atoms with van der Waals surface area (Å²) in [6.45, 7) is 0. The number of benzene rings is 1. The Kier molecular flexibility index (Phi) is 3.99. The quantitative estimate of drug-likeness (QED) is 0.793. The number of hydrogen-bond acceptors (Lipinski definition) is 3. The lowest BCUT2D eigenvalue weighted by Crippen LogP contribution is -2.24. The molecule has 0 fully saturated rings. The summed E-state index contributed by atoms with van der Waals surface area (Å²) in [5.74, 6) is -0.203. The van der Waals surface area contributed by atoms with Crippen molar-refractivity contribution in [3.8, 4) is 0 Å². The molecular formula is C14H18N2O2. The molecule has 2 rings (SSSR count). The largest absolute Gasteiger partial charge is 0.469 e. The Morgan fingerprint density at radius 2 is 2.28 bits per heavy atom. The zero-order valence-corrected chi connectivity index (χ0v) is 10.5. The molecule has 0 bridgehead atoms. The molecule has 0 radical (unpaired) electrons. The number of carbonyl (C=O) groups excluding carboxylic acids is 1. The van der Waals surface area contributed by atoms with Gasteiger partial charge < -0.3 is 15.5 Å². The number of aromatic nitrogens is 1. The predicted molar refractivity (Wildman–Crippen MR) is 71.2 cm³/mol. The van der Waals surface area contributed by atoms with E-state index in [2.05, 4.69) is 21.9 Å². The van der Waals surface area contributed by atoms with Crippen LogP contribution in [0, 0.1) is 0 Å². The molecule has 0 amide bonds. The van der Waals surface area contributed by atoms with E-state index in [-0.39, 0.29) is 12.0 Å². The van der Waals surface area contributed by atoms with E-state index in [0.29, 0.717) is 12.8 Å². The van der Waals surface area contributed by atoms with Crippen LogP contribution in [0.3, 0.4) is 0 Å². The summed E-state index contributed by atoms with van der Waals surface area (Å²) in [5.41, 5.74) is 8.38. The van der Waals surface area contributed by atoms with Gasteiger partial charge in [-0.1, -0.05) is 12.1 Å². The average Bonchev–Trinajstić information content (AvgIpc) is 2.85. The van der Waals surface area contributed by atoms with E-state index in [1.165, 1.54) is 18.1 Å². The molecule has 1 unspecified atom stereocenters. The van der Waals surface area contributed by atoms with Crippen LogP contribution in [-0.2, 0) is 16.0 Å². The summed E-state index contributed by atoms with van der Waals surface area (Å²) in [4.78, 5) is 14.2. The fourth-order valence-electron chi connectivity index (χ4n) is 2.12. The number of fused-ring (bicyclic) bond motifs is 1. The summed E-state index contributed by atoms with van der Waals surface area (Å²) < 4.78 is 4.61. The number of esters is 1. The number of H-pyrrole nitrogens is 1. The first kappa shape index (κ1) is 12.6. The molecule has 4 nitrogen and oxygen atoms in total. The maximum Gasteiger partial charge on any atom is 0.305 e. The second-order valence-electron chi connectivity index (χ2n) is 4.44. The predicted octanol–water partition coefficient (Wildman–Crippen LogP) is 1.99. The van der Waals surface area contributed by atoms with Crippen molar-refractivity contribution in [3.05, 3.63) is 36.0 Å². The van der Waals surface area contributed by atoms with Crippen molar-refractivity contribution >= 4 is 16.9 Å². The number of carbonyl (C=O) groups is 1. The van der Waals surface area contributed by atoms with Gasteiger partial charge in [0.25, 0.3) is 0 Å². The van der Waals surface area contributed by atoms with Crippen LogP contribution in [0.1, 0.15) is 18.4 Å². The van der Waals surface area contributed by atoms with E-state index < -0.39 is 0 Å². The lowest BCUT2D eigenvalue weighted by molar-refractivity contribution is -0.140. The molecule has 3 N–H and O–H groups in total. The molecule has 1 heterocycles. The molecule has 1 aromatic carbocycles. The SMILES string of the molecule is COC(=O)CCC(N)Cc1cccc2[nH]ccc12. The third-order valence-corrected chi connectivity index (χ3v) is 3.11. The van der Waals surface area contributed by atoms with Gasteiger partial charge >= 0.3 is 5.97 Å². The Morgan fingerprint density at radius 1 is 1.44 bits per heavy atom. The van der Waals surface area contributed by atoms with Gasteiger partial charge in [0.05, 0.1) is 7.11 Å². The molecule has 0 aliphatic carbocycles. The van der Waals surface area contributed by atoms with Crippen LogP contribution in [0.15, 0.2) is 30.5 Å². The topological polar surface area (TPSA) is 68.1 Å². The third-order valence-electron chi connectivity index (χ3n) is 3.11. The molecule has 96 valence electrons. The highest BCUT2D eigenvalue weighted by atomic mass is 16.5. The third kappa shape index (κ3) is 2.90. The summed E-state index contributed by atoms with van der Waals surface area (Å²) in [6.07, 6.45) is 3.72. The number of aromatic amines is 1. The van der Waals surface area contributed by atoms with Crippen molar-refractivity contribution in [2.75, 3.05) is 7.11 Å². The van der Waals surface area contributed by atoms with Crippen molar-refractivity contribution in [2.24, 2.45) is 5.73 Å². The maximum atomic E-state index is 11.1. The molecular weight excluding hydrogens is 228 g/mol. The molecule has 0 saturated heterocycles. The lowest BCUT2D eigenvalue weighted by atomic mass is 10.00. The van der Waals surface area contributed by atoms with Crippen molar-refractivity contribution in [3.63, 3.8) is 0 Å². The molecule has 0 aliphatic heterocycles. The van der Waals surface area contributed by atoms with Gasteiger partial charge in [-0.2, -0.15) is 0 Å². The van der Waals surface area contributed by atoms with Crippen molar-refractivity contribution in [2.45, 2.75) is 25.3 Å². The van der Waals surface area contributed by atoms with Gasteiger partial charge in [-0.15, -0.1) is 0 Å². The fraction of sp³-hybridized carbons (Fsp3) is 0.357. The van der Waals surface area contributed by atoms with E-state index in [0.717, 1.165) is 11.9 Å². The summed E-state index contributed by atoms with van der Waals surface area (Å²) in [7, 11) is 1.40. The van der Waals surface area contributed by atoms with Crippen LogP contribution >= 0.6 is 0 Å². The lowest BCUT2D eigenvalue weighted by Gasteiger charge is -2.11. The van der Waals surface area contributed by atoms with Crippen LogP contribution < -0.4 is 5.73 Å². The number of methoxy groups -OCH3 is 1. The average molecular weight is 246 g/mol. The van der Waals surface area contributed by atoms with Crippen LogP contribution in [0.4, 0.5) is 0 Å². The van der Waals surface area contributed by atoms with Gasteiger partial charge in [0.2, 0.25) is 0 Å². The van der Waals surface area contributed by atoms with Crippen molar-refractivity contribution in [1.82, 2.24) is 4.98 Å². The minimum absolute atomic E-state index is 0.0235. The Labute approximate surface area is 106 Å². The highest BCUT2D eigenvalue weighted by Gasteiger charge is 2.10. The zero-order chi connectivity index (χ0) is 13.0. The molecule has 0 spiro atoms. The van der Waals surface area contributed by atoms with E-state index >= 15 is 0 Å². The number of nitrogens with two attached hydrogens (primary N) is 1. The van der Waals surface area contributed by atoms with E-state index in [1.54, 1.807) is 0 Å². The van der Waals surface area contributed by atoms with Crippen molar-refractivity contribution < 1.29 is 9.53 Å². The monoisotopic (exact) mass is 246 g/mol. The first-order valence-electron chi connectivity index (χ1n) is 6.08. The van der Waals surface area contributed by atoms with Gasteiger partial charge in [-0.05, 0) is 30.5 Å². The zero-order valence-electron chi connectivity index (χ0n) is 10.5.